The highest BCUT2D eigenvalue weighted by Crippen LogP contribution is 2.10. The lowest BCUT2D eigenvalue weighted by molar-refractivity contribution is -0.139. The lowest BCUT2D eigenvalue weighted by Crippen LogP contribution is -2.51. The lowest BCUT2D eigenvalue weighted by atomic mass is 10.1. The number of carboxylic acids is 2. The number of carbonyl (C=O) groups excluding carboxylic acids is 3. The van der Waals surface area contributed by atoms with Crippen molar-refractivity contribution in [3.05, 3.63) is 0 Å². The molecule has 0 radical (unpaired) electrons. The molecule has 2 atom stereocenters. The van der Waals surface area contributed by atoms with Crippen molar-refractivity contribution in [3.8, 4) is 0 Å². The monoisotopic (exact) mass is 405 g/mol. The van der Waals surface area contributed by atoms with Crippen LogP contribution < -0.4 is 16.0 Å². The first-order valence-electron chi connectivity index (χ1n) is 8.63. The molecule has 2 unspecified atom stereocenters. The number of thiol groups is 1. The van der Waals surface area contributed by atoms with Gasteiger partial charge >= 0.3 is 11.9 Å². The van der Waals surface area contributed by atoms with Crippen molar-refractivity contribution in [1.82, 2.24) is 16.0 Å². The summed E-state index contributed by atoms with van der Waals surface area (Å²) in [5, 5.41) is 23.0. The van der Waals surface area contributed by atoms with Crippen LogP contribution >= 0.6 is 12.6 Å². The first-order valence-corrected chi connectivity index (χ1v) is 9.15. The normalized spacial score (nSPS) is 12.5. The maximum absolute atomic E-state index is 12.2. The molecule has 0 heterocycles. The molecule has 3 amide bonds. The molecule has 0 aliphatic rings. The van der Waals surface area contributed by atoms with Gasteiger partial charge in [-0.2, -0.15) is 12.6 Å². The average Bonchev–Trinajstić information content (AvgIpc) is 2.60. The Kier molecular flexibility index (Phi) is 12.7. The van der Waals surface area contributed by atoms with Crippen molar-refractivity contribution in [1.29, 1.82) is 0 Å². The van der Waals surface area contributed by atoms with E-state index in [2.05, 4.69) is 35.5 Å². The zero-order valence-electron chi connectivity index (χ0n) is 15.2. The van der Waals surface area contributed by atoms with E-state index in [1.165, 1.54) is 0 Å². The molecule has 0 aliphatic heterocycles. The van der Waals surface area contributed by atoms with Crippen molar-refractivity contribution >= 4 is 42.3 Å². The fraction of sp³-hybridized carbons (Fsp3) is 0.688. The van der Waals surface area contributed by atoms with E-state index < -0.39 is 60.5 Å². The van der Waals surface area contributed by atoms with E-state index in [-0.39, 0.29) is 0 Å². The van der Waals surface area contributed by atoms with Gasteiger partial charge in [0.15, 0.2) is 0 Å². The van der Waals surface area contributed by atoms with Crippen molar-refractivity contribution in [2.45, 2.75) is 56.7 Å². The Hall–Kier alpha value is -2.30. The minimum absolute atomic E-state index is 0.490. The van der Waals surface area contributed by atoms with Crippen LogP contribution in [0.15, 0.2) is 0 Å². The highest BCUT2D eigenvalue weighted by molar-refractivity contribution is 7.81. The molecule has 0 aromatic heterocycles. The molecule has 0 aliphatic carbocycles. The zero-order chi connectivity index (χ0) is 20.8. The van der Waals surface area contributed by atoms with Gasteiger partial charge in [-0.25, -0.2) is 0 Å². The van der Waals surface area contributed by atoms with Crippen LogP contribution in [-0.2, 0) is 24.0 Å². The van der Waals surface area contributed by atoms with E-state index >= 15 is 0 Å². The van der Waals surface area contributed by atoms with Crippen LogP contribution in [0.25, 0.3) is 0 Å². The minimum atomic E-state index is -1.34. The first-order chi connectivity index (χ1) is 12.7. The van der Waals surface area contributed by atoms with Gasteiger partial charge in [0.2, 0.25) is 17.7 Å². The van der Waals surface area contributed by atoms with E-state index in [1.807, 2.05) is 0 Å². The summed E-state index contributed by atoms with van der Waals surface area (Å²) >= 11 is 4.20. The molecule has 0 spiro atoms. The quantitative estimate of drug-likeness (QED) is 0.168. The smallest absolute Gasteiger partial charge is 0.322 e. The molecule has 10 nitrogen and oxygen atoms in total. The number of rotatable bonds is 14. The second-order valence-electron chi connectivity index (χ2n) is 5.91. The summed E-state index contributed by atoms with van der Waals surface area (Å²) in [6.45, 7) is 0.743. The SMILES string of the molecule is CCCCCCC(S)C(=O)NC(CC(=O)NCC(=O)O)C(=O)NCC(=O)O. The molecule has 27 heavy (non-hydrogen) atoms. The van der Waals surface area contributed by atoms with Gasteiger partial charge in [0, 0.05) is 0 Å². The summed E-state index contributed by atoms with van der Waals surface area (Å²) in [5.74, 6) is -4.74. The number of nitrogens with one attached hydrogen (secondary N) is 3. The zero-order valence-corrected chi connectivity index (χ0v) is 16.1. The number of amides is 3. The van der Waals surface area contributed by atoms with E-state index in [0.29, 0.717) is 6.42 Å². The van der Waals surface area contributed by atoms with Gasteiger partial charge in [-0.1, -0.05) is 32.6 Å². The molecule has 0 aromatic carbocycles. The standard InChI is InChI=1S/C16H27N3O7S/c1-2-3-4-5-6-11(27)16(26)19-10(15(25)18-9-14(23)24)7-12(20)17-8-13(21)22/h10-11,27H,2-9H2,1H3,(H,17,20)(H,18,25)(H,19,26)(H,21,22)(H,23,24). The third-order valence-electron chi connectivity index (χ3n) is 3.51. The highest BCUT2D eigenvalue weighted by atomic mass is 32.1. The Bertz CT molecular complexity index is 542. The van der Waals surface area contributed by atoms with E-state index in [4.69, 9.17) is 10.2 Å². The minimum Gasteiger partial charge on any atom is -0.480 e. The Labute approximate surface area is 162 Å². The molecule has 0 bridgehead atoms. The molecule has 0 aromatic rings. The molecular weight excluding hydrogens is 378 g/mol. The Morgan fingerprint density at radius 3 is 2.04 bits per heavy atom. The summed E-state index contributed by atoms with van der Waals surface area (Å²) < 4.78 is 0. The van der Waals surface area contributed by atoms with Crippen LogP contribution in [0.2, 0.25) is 0 Å². The van der Waals surface area contributed by atoms with Crippen LogP contribution in [0.5, 0.6) is 0 Å². The van der Waals surface area contributed by atoms with Crippen molar-refractivity contribution in [2.24, 2.45) is 0 Å². The lowest BCUT2D eigenvalue weighted by Gasteiger charge is -2.20. The third-order valence-corrected chi connectivity index (χ3v) is 4.00. The number of hydrogen-bond donors (Lipinski definition) is 6. The fourth-order valence-corrected chi connectivity index (χ4v) is 2.35. The molecule has 0 rings (SSSR count). The van der Waals surface area contributed by atoms with Gasteiger partial charge in [-0.3, -0.25) is 24.0 Å². The van der Waals surface area contributed by atoms with E-state index in [0.717, 1.165) is 25.7 Å². The topological polar surface area (TPSA) is 162 Å². The number of carboxylic acid groups (broad SMARTS) is 2. The second kappa shape index (κ2) is 13.8. The number of unbranched alkanes of at least 4 members (excludes halogenated alkanes) is 3. The van der Waals surface area contributed by atoms with Crippen LogP contribution in [0, 0.1) is 0 Å². The predicted molar refractivity (Wildman–Crippen MR) is 99.4 cm³/mol. The summed E-state index contributed by atoms with van der Waals surface area (Å²) in [6, 6.07) is -1.34. The predicted octanol–water partition coefficient (Wildman–Crippen LogP) is -0.468. The van der Waals surface area contributed by atoms with Crippen molar-refractivity contribution in [2.75, 3.05) is 13.1 Å². The number of hydrogen-bond acceptors (Lipinski definition) is 6. The van der Waals surface area contributed by atoms with Gasteiger partial charge in [0.1, 0.15) is 19.1 Å². The molecule has 0 fully saturated rings. The summed E-state index contributed by atoms with van der Waals surface area (Å²) in [7, 11) is 0. The van der Waals surface area contributed by atoms with Crippen LogP contribution in [-0.4, -0.2) is 64.3 Å². The van der Waals surface area contributed by atoms with Gasteiger partial charge in [0.25, 0.3) is 0 Å². The summed E-state index contributed by atoms with van der Waals surface area (Å²) in [4.78, 5) is 57.1. The van der Waals surface area contributed by atoms with E-state index in [9.17, 15) is 24.0 Å². The van der Waals surface area contributed by atoms with Gasteiger partial charge in [-0.05, 0) is 6.42 Å². The maximum atomic E-state index is 12.2. The Morgan fingerprint density at radius 2 is 1.48 bits per heavy atom. The van der Waals surface area contributed by atoms with Gasteiger partial charge in [0.05, 0.1) is 11.7 Å². The number of aliphatic carboxylic acids is 2. The van der Waals surface area contributed by atoms with Crippen molar-refractivity contribution in [3.63, 3.8) is 0 Å². The van der Waals surface area contributed by atoms with Crippen LogP contribution in [0.1, 0.15) is 45.4 Å². The second-order valence-corrected chi connectivity index (χ2v) is 6.54. The molecule has 11 heteroatoms. The Morgan fingerprint density at radius 1 is 0.889 bits per heavy atom. The number of carbonyl (C=O) groups is 5. The molecule has 0 saturated heterocycles. The average molecular weight is 405 g/mol. The molecule has 5 N–H and O–H groups in total. The fourth-order valence-electron chi connectivity index (χ4n) is 2.09. The summed E-state index contributed by atoms with van der Waals surface area (Å²) in [5.41, 5.74) is 0. The molecule has 154 valence electrons. The van der Waals surface area contributed by atoms with Gasteiger partial charge < -0.3 is 26.2 Å². The van der Waals surface area contributed by atoms with Crippen LogP contribution in [0.4, 0.5) is 0 Å². The maximum Gasteiger partial charge on any atom is 0.322 e. The largest absolute Gasteiger partial charge is 0.480 e. The third kappa shape index (κ3) is 12.7. The van der Waals surface area contributed by atoms with Crippen molar-refractivity contribution < 1.29 is 34.2 Å². The first kappa shape index (κ1) is 24.7. The molecule has 0 saturated carbocycles. The van der Waals surface area contributed by atoms with Gasteiger partial charge in [-0.15, -0.1) is 0 Å². The molecular formula is C16H27N3O7S. The summed E-state index contributed by atoms with van der Waals surface area (Å²) in [6.07, 6.45) is 3.77. The Balaban J connectivity index is 4.77. The highest BCUT2D eigenvalue weighted by Gasteiger charge is 2.26. The van der Waals surface area contributed by atoms with E-state index in [1.54, 1.807) is 0 Å². The van der Waals surface area contributed by atoms with Crippen LogP contribution in [0.3, 0.4) is 0 Å².